The van der Waals surface area contributed by atoms with Crippen LogP contribution in [0, 0.1) is 0 Å². The van der Waals surface area contributed by atoms with Crippen LogP contribution in [0.2, 0.25) is 0 Å². The van der Waals surface area contributed by atoms with Crippen molar-refractivity contribution in [2.45, 2.75) is 44.2 Å². The Morgan fingerprint density at radius 2 is 2.00 bits per heavy atom. The van der Waals surface area contributed by atoms with E-state index in [1.165, 1.54) is 0 Å². The quantitative estimate of drug-likeness (QED) is 0.567. The van der Waals surface area contributed by atoms with Crippen LogP contribution >= 0.6 is 0 Å². The number of aliphatic hydroxyl groups is 2. The molecule has 5 heteroatoms. The van der Waals surface area contributed by atoms with Crippen molar-refractivity contribution in [1.82, 2.24) is 0 Å². The first-order valence-corrected chi connectivity index (χ1v) is 4.33. The van der Waals surface area contributed by atoms with Crippen molar-refractivity contribution in [3.63, 3.8) is 0 Å². The Bertz CT molecular complexity index is 205. The Morgan fingerprint density at radius 1 is 1.31 bits per heavy atom. The van der Waals surface area contributed by atoms with Crippen molar-refractivity contribution in [3.8, 4) is 0 Å². The fourth-order valence-electron chi connectivity index (χ4n) is 1.71. The van der Waals surface area contributed by atoms with E-state index in [2.05, 4.69) is 0 Å². The molecule has 2 rings (SSSR count). The van der Waals surface area contributed by atoms with Gasteiger partial charge in [0.15, 0.2) is 12.1 Å². The minimum atomic E-state index is -0.809. The molecule has 0 amide bonds. The lowest BCUT2D eigenvalue weighted by molar-refractivity contribution is -0.218. The summed E-state index contributed by atoms with van der Waals surface area (Å²) in [4.78, 5) is 0. The fraction of sp³-hybridized carbons (Fsp3) is 1.00. The summed E-state index contributed by atoms with van der Waals surface area (Å²) in [5.74, 6) is -0.712. The average molecular weight is 190 g/mol. The molecular formula is C8H14O5. The van der Waals surface area contributed by atoms with Crippen molar-refractivity contribution < 1.29 is 24.4 Å². The zero-order chi connectivity index (χ0) is 9.64. The van der Waals surface area contributed by atoms with Gasteiger partial charge in [-0.05, 0) is 13.8 Å². The Kier molecular flexibility index (Phi) is 2.08. The number of hydrogen-bond donors (Lipinski definition) is 2. The molecule has 2 saturated heterocycles. The second kappa shape index (κ2) is 2.90. The number of ether oxygens (including phenoxy) is 3. The molecule has 2 heterocycles. The normalized spacial score (nSPS) is 48.0. The van der Waals surface area contributed by atoms with E-state index in [1.807, 2.05) is 0 Å². The zero-order valence-electron chi connectivity index (χ0n) is 7.64. The number of hydrogen-bond acceptors (Lipinski definition) is 5. The molecule has 2 N–H and O–H groups in total. The van der Waals surface area contributed by atoms with Crippen molar-refractivity contribution >= 4 is 0 Å². The second-order valence-electron chi connectivity index (χ2n) is 3.82. The summed E-state index contributed by atoms with van der Waals surface area (Å²) in [6.07, 6.45) is -2.43. The molecule has 2 aliphatic rings. The molecule has 13 heavy (non-hydrogen) atoms. The molecule has 0 unspecified atom stereocenters. The standard InChI is InChI=1S/C8H14O5/c1-8(2)12-6-5(10)4(3-9)11-7(6)13-8/h4-7,9-10H,3H2,1-2H3/t4-,5-,6-,7-/m1/s1. The monoisotopic (exact) mass is 190 g/mol. The van der Waals surface area contributed by atoms with E-state index in [1.54, 1.807) is 13.8 Å². The van der Waals surface area contributed by atoms with Crippen molar-refractivity contribution in [3.05, 3.63) is 0 Å². The maximum Gasteiger partial charge on any atom is 0.190 e. The van der Waals surface area contributed by atoms with Crippen LogP contribution in [0.5, 0.6) is 0 Å². The lowest BCUT2D eigenvalue weighted by Gasteiger charge is -2.21. The molecule has 0 aromatic carbocycles. The van der Waals surface area contributed by atoms with Crippen molar-refractivity contribution in [2.75, 3.05) is 6.61 Å². The number of fused-ring (bicyclic) bond motifs is 1. The summed E-state index contributed by atoms with van der Waals surface area (Å²) in [5, 5.41) is 18.4. The molecule has 0 aromatic rings. The van der Waals surface area contributed by atoms with Crippen molar-refractivity contribution in [2.24, 2.45) is 0 Å². The highest BCUT2D eigenvalue weighted by molar-refractivity contribution is 4.92. The van der Waals surface area contributed by atoms with E-state index in [0.29, 0.717) is 0 Å². The van der Waals surface area contributed by atoms with E-state index >= 15 is 0 Å². The van der Waals surface area contributed by atoms with Gasteiger partial charge in [-0.3, -0.25) is 0 Å². The highest BCUT2D eigenvalue weighted by Crippen LogP contribution is 2.36. The molecule has 5 nitrogen and oxygen atoms in total. The summed E-state index contributed by atoms with van der Waals surface area (Å²) < 4.78 is 16.0. The molecule has 0 spiro atoms. The molecule has 0 aliphatic carbocycles. The van der Waals surface area contributed by atoms with Gasteiger partial charge < -0.3 is 24.4 Å². The summed E-state index contributed by atoms with van der Waals surface area (Å²) in [6.45, 7) is 3.30. The first-order valence-electron chi connectivity index (χ1n) is 4.33. The first kappa shape index (κ1) is 9.36. The van der Waals surface area contributed by atoms with E-state index in [4.69, 9.17) is 19.3 Å². The number of aliphatic hydroxyl groups excluding tert-OH is 2. The van der Waals surface area contributed by atoms with E-state index in [9.17, 15) is 5.11 Å². The smallest absolute Gasteiger partial charge is 0.190 e. The molecule has 4 atom stereocenters. The molecule has 0 saturated carbocycles. The SMILES string of the molecule is CC1(C)O[C@H]2O[C@H](CO)[C@@H](O)[C@H]2O1. The van der Waals surface area contributed by atoms with Gasteiger partial charge in [0.05, 0.1) is 6.61 Å². The van der Waals surface area contributed by atoms with E-state index in [-0.39, 0.29) is 6.61 Å². The Balaban J connectivity index is 2.07. The molecule has 2 fully saturated rings. The van der Waals surface area contributed by atoms with Gasteiger partial charge in [-0.1, -0.05) is 0 Å². The third kappa shape index (κ3) is 1.47. The van der Waals surface area contributed by atoms with Crippen LogP contribution in [0.4, 0.5) is 0 Å². The first-order chi connectivity index (χ1) is 6.03. The van der Waals surface area contributed by atoms with Gasteiger partial charge >= 0.3 is 0 Å². The maximum atomic E-state index is 9.60. The Morgan fingerprint density at radius 3 is 2.54 bits per heavy atom. The Hall–Kier alpha value is -0.200. The van der Waals surface area contributed by atoms with Crippen LogP contribution in [0.15, 0.2) is 0 Å². The van der Waals surface area contributed by atoms with Crippen LogP contribution < -0.4 is 0 Å². The second-order valence-corrected chi connectivity index (χ2v) is 3.82. The predicted octanol–water partition coefficient (Wildman–Crippen LogP) is -0.784. The summed E-state index contributed by atoms with van der Waals surface area (Å²) in [6, 6.07) is 0. The van der Waals surface area contributed by atoms with E-state index < -0.39 is 30.4 Å². The van der Waals surface area contributed by atoms with Crippen LogP contribution in [0.3, 0.4) is 0 Å². The average Bonchev–Trinajstić information content (AvgIpc) is 2.47. The van der Waals surface area contributed by atoms with Gasteiger partial charge in [-0.25, -0.2) is 0 Å². The summed E-state index contributed by atoms with van der Waals surface area (Å²) in [7, 11) is 0. The summed E-state index contributed by atoms with van der Waals surface area (Å²) in [5.41, 5.74) is 0. The topological polar surface area (TPSA) is 68.2 Å². The molecule has 0 aromatic heterocycles. The van der Waals surface area contributed by atoms with Gasteiger partial charge in [-0.15, -0.1) is 0 Å². The predicted molar refractivity (Wildman–Crippen MR) is 41.8 cm³/mol. The maximum absolute atomic E-state index is 9.60. The zero-order valence-corrected chi connectivity index (χ0v) is 7.64. The third-order valence-electron chi connectivity index (χ3n) is 2.29. The lowest BCUT2D eigenvalue weighted by Crippen LogP contribution is -2.36. The minimum absolute atomic E-state index is 0.221. The largest absolute Gasteiger partial charge is 0.394 e. The van der Waals surface area contributed by atoms with Gasteiger partial charge in [-0.2, -0.15) is 0 Å². The molecule has 0 radical (unpaired) electrons. The minimum Gasteiger partial charge on any atom is -0.394 e. The van der Waals surface area contributed by atoms with Crippen LogP contribution in [0.1, 0.15) is 13.8 Å². The molecular weight excluding hydrogens is 176 g/mol. The van der Waals surface area contributed by atoms with Gasteiger partial charge in [0.1, 0.15) is 18.3 Å². The number of rotatable bonds is 1. The van der Waals surface area contributed by atoms with Crippen LogP contribution in [-0.2, 0) is 14.2 Å². The molecule has 76 valence electrons. The fourth-order valence-corrected chi connectivity index (χ4v) is 1.71. The van der Waals surface area contributed by atoms with Gasteiger partial charge in [0.25, 0.3) is 0 Å². The van der Waals surface area contributed by atoms with Crippen molar-refractivity contribution in [1.29, 1.82) is 0 Å². The Labute approximate surface area is 76.2 Å². The highest BCUT2D eigenvalue weighted by Gasteiger charge is 2.53. The highest BCUT2D eigenvalue weighted by atomic mass is 16.8. The lowest BCUT2D eigenvalue weighted by atomic mass is 10.1. The summed E-state index contributed by atoms with van der Waals surface area (Å²) >= 11 is 0. The van der Waals surface area contributed by atoms with Crippen LogP contribution in [0.25, 0.3) is 0 Å². The molecule has 2 aliphatic heterocycles. The molecule has 0 bridgehead atoms. The van der Waals surface area contributed by atoms with E-state index in [0.717, 1.165) is 0 Å². The van der Waals surface area contributed by atoms with Gasteiger partial charge in [0, 0.05) is 0 Å². The van der Waals surface area contributed by atoms with Crippen LogP contribution in [-0.4, -0.2) is 47.2 Å². The van der Waals surface area contributed by atoms with Gasteiger partial charge in [0.2, 0.25) is 0 Å². The third-order valence-corrected chi connectivity index (χ3v) is 2.29.